The highest BCUT2D eigenvalue weighted by molar-refractivity contribution is 5.84. The van der Waals surface area contributed by atoms with Gasteiger partial charge in [0.2, 0.25) is 0 Å². The van der Waals surface area contributed by atoms with Gasteiger partial charge in [0, 0.05) is 25.0 Å². The Morgan fingerprint density at radius 2 is 2.20 bits per heavy atom. The minimum absolute atomic E-state index is 0.200. The normalized spacial score (nSPS) is 18.2. The number of amides is 1. The number of nitrogens with one attached hydrogen (secondary N) is 1. The monoisotopic (exact) mass is 340 g/mol. The maximum Gasteiger partial charge on any atom is 0.410 e. The van der Waals surface area contributed by atoms with Crippen LogP contribution in [0, 0.1) is 0 Å². The van der Waals surface area contributed by atoms with Gasteiger partial charge in [0.1, 0.15) is 11.9 Å². The number of hydrogen-bond donors (Lipinski definition) is 1. The molecular formula is C19H24N4O2. The summed E-state index contributed by atoms with van der Waals surface area (Å²) in [6.45, 7) is 11.4. The van der Waals surface area contributed by atoms with Crippen molar-refractivity contribution >= 4 is 23.1 Å². The minimum Gasteiger partial charge on any atom is -0.444 e. The quantitative estimate of drug-likeness (QED) is 0.909. The maximum atomic E-state index is 12.7. The molecule has 1 saturated heterocycles. The van der Waals surface area contributed by atoms with Crippen LogP contribution in [0.2, 0.25) is 0 Å². The third-order valence-corrected chi connectivity index (χ3v) is 4.11. The van der Waals surface area contributed by atoms with E-state index in [1.54, 1.807) is 17.3 Å². The molecular weight excluding hydrogens is 316 g/mol. The van der Waals surface area contributed by atoms with E-state index >= 15 is 0 Å². The third kappa shape index (κ3) is 3.79. The largest absolute Gasteiger partial charge is 0.444 e. The average molecular weight is 340 g/mol. The molecule has 1 aliphatic heterocycles. The van der Waals surface area contributed by atoms with E-state index in [1.165, 1.54) is 0 Å². The summed E-state index contributed by atoms with van der Waals surface area (Å²) in [5.41, 5.74) is 2.14. The summed E-state index contributed by atoms with van der Waals surface area (Å²) in [7, 11) is 0. The van der Waals surface area contributed by atoms with E-state index in [1.807, 2.05) is 39.0 Å². The number of aromatic nitrogens is 2. The molecule has 1 aromatic carbocycles. The molecule has 0 saturated carbocycles. The van der Waals surface area contributed by atoms with Crippen LogP contribution in [-0.4, -0.2) is 46.2 Å². The van der Waals surface area contributed by atoms with Gasteiger partial charge in [-0.1, -0.05) is 18.7 Å². The van der Waals surface area contributed by atoms with E-state index in [2.05, 4.69) is 21.9 Å². The summed E-state index contributed by atoms with van der Waals surface area (Å²) in [4.78, 5) is 23.3. The SMILES string of the molecule is C=Cc1ccc2ncnc(C3CNCCN3C(=O)OC(C)(C)C)c2c1. The lowest BCUT2D eigenvalue weighted by Crippen LogP contribution is -2.50. The Morgan fingerprint density at radius 3 is 2.92 bits per heavy atom. The molecule has 1 N–H and O–H groups in total. The molecule has 3 rings (SSSR count). The van der Waals surface area contributed by atoms with Crippen LogP contribution < -0.4 is 5.32 Å². The number of piperazine rings is 1. The lowest BCUT2D eigenvalue weighted by Gasteiger charge is -2.37. The molecule has 1 atom stereocenters. The second kappa shape index (κ2) is 6.80. The summed E-state index contributed by atoms with van der Waals surface area (Å²) in [5, 5.41) is 4.28. The van der Waals surface area contributed by atoms with E-state index in [0.29, 0.717) is 13.1 Å². The zero-order valence-corrected chi connectivity index (χ0v) is 15.0. The first-order valence-electron chi connectivity index (χ1n) is 8.46. The molecule has 1 unspecified atom stereocenters. The molecule has 0 spiro atoms. The Labute approximate surface area is 147 Å². The van der Waals surface area contributed by atoms with Gasteiger partial charge in [-0.25, -0.2) is 14.8 Å². The summed E-state index contributed by atoms with van der Waals surface area (Å²) >= 11 is 0. The Kier molecular flexibility index (Phi) is 4.72. The van der Waals surface area contributed by atoms with E-state index < -0.39 is 5.60 Å². The molecule has 0 bridgehead atoms. The van der Waals surface area contributed by atoms with Crippen LogP contribution in [0.4, 0.5) is 4.79 Å². The van der Waals surface area contributed by atoms with Crippen molar-refractivity contribution in [2.24, 2.45) is 0 Å². The third-order valence-electron chi connectivity index (χ3n) is 4.11. The van der Waals surface area contributed by atoms with Gasteiger partial charge in [-0.15, -0.1) is 0 Å². The van der Waals surface area contributed by atoms with Crippen LogP contribution in [0.3, 0.4) is 0 Å². The van der Waals surface area contributed by atoms with Crippen LogP contribution >= 0.6 is 0 Å². The number of hydrogen-bond acceptors (Lipinski definition) is 5. The topological polar surface area (TPSA) is 67.4 Å². The lowest BCUT2D eigenvalue weighted by atomic mass is 10.0. The molecule has 25 heavy (non-hydrogen) atoms. The van der Waals surface area contributed by atoms with Gasteiger partial charge in [0.15, 0.2) is 0 Å². The molecule has 6 nitrogen and oxygen atoms in total. The van der Waals surface area contributed by atoms with Crippen LogP contribution in [0.15, 0.2) is 31.1 Å². The van der Waals surface area contributed by atoms with Gasteiger partial charge >= 0.3 is 6.09 Å². The fourth-order valence-corrected chi connectivity index (χ4v) is 2.97. The molecule has 1 fully saturated rings. The minimum atomic E-state index is -0.531. The highest BCUT2D eigenvalue weighted by Crippen LogP contribution is 2.28. The number of ether oxygens (including phenoxy) is 1. The van der Waals surface area contributed by atoms with Crippen molar-refractivity contribution in [3.05, 3.63) is 42.4 Å². The molecule has 1 aromatic heterocycles. The number of nitrogens with zero attached hydrogens (tertiary/aromatic N) is 3. The average Bonchev–Trinajstić information content (AvgIpc) is 2.59. The zero-order chi connectivity index (χ0) is 18.0. The number of rotatable bonds is 2. The molecule has 6 heteroatoms. The first kappa shape index (κ1) is 17.4. The summed E-state index contributed by atoms with van der Waals surface area (Å²) in [6.07, 6.45) is 3.03. The maximum absolute atomic E-state index is 12.7. The van der Waals surface area contributed by atoms with Gasteiger partial charge in [-0.3, -0.25) is 4.90 Å². The van der Waals surface area contributed by atoms with Gasteiger partial charge in [-0.05, 0) is 38.5 Å². The highest BCUT2D eigenvalue weighted by atomic mass is 16.6. The van der Waals surface area contributed by atoms with Crippen LogP contribution in [0.25, 0.3) is 17.0 Å². The molecule has 2 aromatic rings. The van der Waals surface area contributed by atoms with Crippen LogP contribution in [0.1, 0.15) is 38.1 Å². The van der Waals surface area contributed by atoms with Gasteiger partial charge < -0.3 is 10.1 Å². The number of benzene rings is 1. The van der Waals surface area contributed by atoms with E-state index in [9.17, 15) is 4.79 Å². The van der Waals surface area contributed by atoms with Crippen LogP contribution in [-0.2, 0) is 4.74 Å². The number of fused-ring (bicyclic) bond motifs is 1. The Bertz CT molecular complexity index is 798. The van der Waals surface area contributed by atoms with E-state index in [4.69, 9.17) is 4.74 Å². The zero-order valence-electron chi connectivity index (χ0n) is 15.0. The van der Waals surface area contributed by atoms with Crippen LogP contribution in [0.5, 0.6) is 0 Å². The molecule has 0 aliphatic carbocycles. The molecule has 2 heterocycles. The predicted octanol–water partition coefficient (Wildman–Crippen LogP) is 3.15. The lowest BCUT2D eigenvalue weighted by molar-refractivity contribution is 0.0115. The first-order chi connectivity index (χ1) is 11.9. The molecule has 132 valence electrons. The highest BCUT2D eigenvalue weighted by Gasteiger charge is 2.33. The van der Waals surface area contributed by atoms with Crippen molar-refractivity contribution < 1.29 is 9.53 Å². The fourth-order valence-electron chi connectivity index (χ4n) is 2.97. The van der Waals surface area contributed by atoms with Crippen molar-refractivity contribution in [1.29, 1.82) is 0 Å². The first-order valence-corrected chi connectivity index (χ1v) is 8.46. The number of carbonyl (C=O) groups is 1. The standard InChI is InChI=1S/C19H24N4O2/c1-5-13-6-7-15-14(10-13)17(22-12-21-15)16-11-20-8-9-23(16)18(24)25-19(2,3)4/h5-7,10,12,16,20H,1,8-9,11H2,2-4H3. The second-order valence-corrected chi connectivity index (χ2v) is 7.13. The van der Waals surface area contributed by atoms with Crippen molar-refractivity contribution in [3.8, 4) is 0 Å². The summed E-state index contributed by atoms with van der Waals surface area (Å²) in [6, 6.07) is 5.73. The van der Waals surface area contributed by atoms with E-state index in [0.717, 1.165) is 28.7 Å². The molecule has 1 aliphatic rings. The Hall–Kier alpha value is -2.47. The van der Waals surface area contributed by atoms with Gasteiger partial charge in [0.25, 0.3) is 0 Å². The Morgan fingerprint density at radius 1 is 1.40 bits per heavy atom. The summed E-state index contributed by atoms with van der Waals surface area (Å²) in [5.74, 6) is 0. The predicted molar refractivity (Wildman–Crippen MR) is 98.2 cm³/mol. The molecule has 1 amide bonds. The molecule has 0 radical (unpaired) electrons. The van der Waals surface area contributed by atoms with Crippen molar-refractivity contribution in [2.75, 3.05) is 19.6 Å². The Balaban J connectivity index is 2.01. The number of carbonyl (C=O) groups excluding carboxylic acids is 1. The van der Waals surface area contributed by atoms with Crippen molar-refractivity contribution in [3.63, 3.8) is 0 Å². The fraction of sp³-hybridized carbons (Fsp3) is 0.421. The smallest absolute Gasteiger partial charge is 0.410 e. The summed E-state index contributed by atoms with van der Waals surface area (Å²) < 4.78 is 5.59. The second-order valence-electron chi connectivity index (χ2n) is 7.13. The van der Waals surface area contributed by atoms with E-state index in [-0.39, 0.29) is 12.1 Å². The van der Waals surface area contributed by atoms with Crippen molar-refractivity contribution in [2.45, 2.75) is 32.4 Å². The van der Waals surface area contributed by atoms with Crippen molar-refractivity contribution in [1.82, 2.24) is 20.2 Å². The van der Waals surface area contributed by atoms with Gasteiger partial charge in [-0.2, -0.15) is 0 Å². The van der Waals surface area contributed by atoms with Gasteiger partial charge in [0.05, 0.1) is 17.3 Å².